The summed E-state index contributed by atoms with van der Waals surface area (Å²) in [6.07, 6.45) is 2.45. The van der Waals surface area contributed by atoms with Crippen molar-refractivity contribution in [3.05, 3.63) is 64.2 Å². The van der Waals surface area contributed by atoms with Crippen molar-refractivity contribution < 1.29 is 9.84 Å². The molecule has 2 bridgehead atoms. The maximum atomic E-state index is 12.2. The molecule has 0 radical (unpaired) electrons. The van der Waals surface area contributed by atoms with E-state index in [0.29, 0.717) is 18.4 Å². The Labute approximate surface area is 163 Å². The van der Waals surface area contributed by atoms with Crippen molar-refractivity contribution in [2.24, 2.45) is 5.92 Å². The van der Waals surface area contributed by atoms with Gasteiger partial charge >= 0.3 is 0 Å². The van der Waals surface area contributed by atoms with Gasteiger partial charge in [-0.1, -0.05) is 6.07 Å². The predicted molar refractivity (Wildman–Crippen MR) is 108 cm³/mol. The van der Waals surface area contributed by atoms with E-state index in [9.17, 15) is 9.90 Å². The largest absolute Gasteiger partial charge is 0.497 e. The number of hydrogen-bond donors (Lipinski definition) is 2. The fourth-order valence-electron chi connectivity index (χ4n) is 5.01. The monoisotopic (exact) mass is 379 g/mol. The Morgan fingerprint density at radius 1 is 1.25 bits per heavy atom. The molecule has 0 spiro atoms. The third kappa shape index (κ3) is 2.93. The number of aromatic amines is 1. The maximum Gasteiger partial charge on any atom is 0.250 e. The molecule has 2 N–H and O–H groups in total. The van der Waals surface area contributed by atoms with Gasteiger partial charge in [-0.3, -0.25) is 9.69 Å². The second-order valence-electron chi connectivity index (χ2n) is 8.09. The van der Waals surface area contributed by atoms with Crippen molar-refractivity contribution >= 4 is 10.9 Å². The lowest BCUT2D eigenvalue weighted by Crippen LogP contribution is -2.48. The van der Waals surface area contributed by atoms with E-state index in [1.165, 1.54) is 0 Å². The molecule has 6 heteroatoms. The minimum atomic E-state index is -0.572. The number of benzene rings is 1. The molecule has 0 saturated carbocycles. The number of rotatable bonds is 4. The highest BCUT2D eigenvalue weighted by atomic mass is 16.5. The highest BCUT2D eigenvalue weighted by Crippen LogP contribution is 2.36. The summed E-state index contributed by atoms with van der Waals surface area (Å²) < 4.78 is 7.28. The fraction of sp³-hybridized carbons (Fsp3) is 0.409. The van der Waals surface area contributed by atoms with Crippen LogP contribution in [0.2, 0.25) is 0 Å². The maximum absolute atomic E-state index is 12.2. The van der Waals surface area contributed by atoms with Gasteiger partial charge in [-0.25, -0.2) is 0 Å². The minimum Gasteiger partial charge on any atom is -0.497 e. The zero-order chi connectivity index (χ0) is 19.3. The summed E-state index contributed by atoms with van der Waals surface area (Å²) in [5.74, 6) is 1.60. The highest BCUT2D eigenvalue weighted by molar-refractivity contribution is 5.85. The lowest BCUT2D eigenvalue weighted by Gasteiger charge is -2.43. The molecule has 0 amide bonds. The van der Waals surface area contributed by atoms with E-state index < -0.39 is 6.10 Å². The number of methoxy groups -OCH3 is 1. The van der Waals surface area contributed by atoms with Gasteiger partial charge in [0.25, 0.3) is 5.56 Å². The van der Waals surface area contributed by atoms with Crippen LogP contribution in [0.25, 0.3) is 10.9 Å². The standard InChI is InChI=1S/C22H25N3O3/c1-28-16-5-6-19-17(8-16)18(9-23-19)21(26)13-24-10-14-7-15(12-24)20-3-2-4-22(27)25(20)11-14/h2-6,8-9,14-15,21,23,26H,7,10-13H2,1H3/t14-,15+,21?/m1/s1. The van der Waals surface area contributed by atoms with Crippen LogP contribution >= 0.6 is 0 Å². The number of H-pyrrole nitrogens is 1. The number of aromatic nitrogens is 2. The number of fused-ring (bicyclic) bond motifs is 5. The summed E-state index contributed by atoms with van der Waals surface area (Å²) in [5, 5.41) is 12.0. The Morgan fingerprint density at radius 3 is 3.00 bits per heavy atom. The number of aliphatic hydroxyl groups is 1. The molecule has 1 unspecified atom stereocenters. The van der Waals surface area contributed by atoms with Crippen molar-refractivity contribution in [3.8, 4) is 5.75 Å². The molecule has 2 aliphatic heterocycles. The van der Waals surface area contributed by atoms with E-state index in [2.05, 4.69) is 16.0 Å². The van der Waals surface area contributed by atoms with Gasteiger partial charge in [-0.15, -0.1) is 0 Å². The first-order valence-electron chi connectivity index (χ1n) is 9.87. The summed E-state index contributed by atoms with van der Waals surface area (Å²) in [6, 6.07) is 11.5. The summed E-state index contributed by atoms with van der Waals surface area (Å²) in [5.41, 5.74) is 3.15. The molecule has 3 aromatic rings. The van der Waals surface area contributed by atoms with E-state index in [0.717, 1.165) is 54.0 Å². The van der Waals surface area contributed by atoms with Gasteiger partial charge in [0.1, 0.15) is 5.75 Å². The zero-order valence-electron chi connectivity index (χ0n) is 16.0. The van der Waals surface area contributed by atoms with Crippen LogP contribution in [0.1, 0.15) is 29.7 Å². The molecule has 4 heterocycles. The Kier molecular flexibility index (Phi) is 4.25. The van der Waals surface area contributed by atoms with Gasteiger partial charge in [0.05, 0.1) is 13.2 Å². The molecular weight excluding hydrogens is 354 g/mol. The first kappa shape index (κ1) is 17.5. The number of ether oxygens (including phenoxy) is 1. The predicted octanol–water partition coefficient (Wildman–Crippen LogP) is 2.49. The van der Waals surface area contributed by atoms with Crippen LogP contribution in [-0.2, 0) is 6.54 Å². The molecule has 1 saturated heterocycles. The Hall–Kier alpha value is -2.57. The topological polar surface area (TPSA) is 70.5 Å². The van der Waals surface area contributed by atoms with Crippen LogP contribution in [0.4, 0.5) is 0 Å². The van der Waals surface area contributed by atoms with Crippen molar-refractivity contribution in [2.75, 3.05) is 26.7 Å². The van der Waals surface area contributed by atoms with Crippen molar-refractivity contribution in [1.82, 2.24) is 14.5 Å². The van der Waals surface area contributed by atoms with Gasteiger partial charge < -0.3 is 19.4 Å². The molecule has 146 valence electrons. The third-order valence-corrected chi connectivity index (χ3v) is 6.27. The zero-order valence-corrected chi connectivity index (χ0v) is 16.0. The first-order chi connectivity index (χ1) is 13.6. The highest BCUT2D eigenvalue weighted by Gasteiger charge is 2.35. The smallest absolute Gasteiger partial charge is 0.250 e. The first-order valence-corrected chi connectivity index (χ1v) is 9.87. The minimum absolute atomic E-state index is 0.105. The number of β-amino-alcohol motifs (C(OH)–C–C–N with tert-alkyl or cyclic N) is 1. The second kappa shape index (κ2) is 6.79. The number of piperidine rings is 1. The average Bonchev–Trinajstić information content (AvgIpc) is 3.12. The Balaban J connectivity index is 1.37. The van der Waals surface area contributed by atoms with Crippen LogP contribution < -0.4 is 10.3 Å². The second-order valence-corrected chi connectivity index (χ2v) is 8.09. The SMILES string of the molecule is COc1ccc2[nH]cc(C(O)CN3C[C@H]4C[C@@H](C3)c3cccc(=O)n3C4)c2c1. The average molecular weight is 379 g/mol. The van der Waals surface area contributed by atoms with E-state index in [1.807, 2.05) is 35.0 Å². The summed E-state index contributed by atoms with van der Waals surface area (Å²) in [6.45, 7) is 3.17. The number of nitrogens with zero attached hydrogens (tertiary/aromatic N) is 2. The van der Waals surface area contributed by atoms with Crippen LogP contribution in [0, 0.1) is 5.92 Å². The molecule has 1 aromatic carbocycles. The third-order valence-electron chi connectivity index (χ3n) is 6.27. The summed E-state index contributed by atoms with van der Waals surface area (Å²) in [7, 11) is 1.65. The van der Waals surface area contributed by atoms with E-state index >= 15 is 0 Å². The quantitative estimate of drug-likeness (QED) is 0.731. The van der Waals surface area contributed by atoms with Crippen LogP contribution in [-0.4, -0.2) is 46.3 Å². The number of nitrogens with one attached hydrogen (secondary N) is 1. The molecule has 2 aliphatic rings. The Morgan fingerprint density at radius 2 is 2.14 bits per heavy atom. The molecule has 0 aliphatic carbocycles. The fourth-order valence-corrected chi connectivity index (χ4v) is 5.01. The van der Waals surface area contributed by atoms with Crippen molar-refractivity contribution in [1.29, 1.82) is 0 Å². The van der Waals surface area contributed by atoms with Gasteiger partial charge in [0.15, 0.2) is 0 Å². The number of hydrogen-bond acceptors (Lipinski definition) is 4. The lowest BCUT2D eigenvalue weighted by molar-refractivity contribution is 0.0627. The van der Waals surface area contributed by atoms with Crippen molar-refractivity contribution in [3.63, 3.8) is 0 Å². The van der Waals surface area contributed by atoms with Gasteiger partial charge in [0, 0.05) is 66.5 Å². The number of likely N-dealkylation sites (tertiary alicyclic amines) is 1. The van der Waals surface area contributed by atoms with E-state index in [-0.39, 0.29) is 5.56 Å². The molecular formula is C22H25N3O3. The van der Waals surface area contributed by atoms with Gasteiger partial charge in [-0.05, 0) is 36.6 Å². The number of pyridine rings is 1. The lowest BCUT2D eigenvalue weighted by atomic mass is 9.83. The van der Waals surface area contributed by atoms with Crippen LogP contribution in [0.3, 0.4) is 0 Å². The molecule has 2 aromatic heterocycles. The molecule has 3 atom stereocenters. The van der Waals surface area contributed by atoms with Crippen LogP contribution in [0.15, 0.2) is 47.4 Å². The molecule has 28 heavy (non-hydrogen) atoms. The molecule has 6 nitrogen and oxygen atoms in total. The molecule has 5 rings (SSSR count). The summed E-state index contributed by atoms with van der Waals surface area (Å²) in [4.78, 5) is 17.8. The molecule has 1 fully saturated rings. The van der Waals surface area contributed by atoms with E-state index in [4.69, 9.17) is 4.74 Å². The number of aliphatic hydroxyl groups excluding tert-OH is 1. The summed E-state index contributed by atoms with van der Waals surface area (Å²) >= 11 is 0. The normalized spacial score (nSPS) is 22.8. The van der Waals surface area contributed by atoms with Gasteiger partial charge in [0.2, 0.25) is 0 Å². The van der Waals surface area contributed by atoms with Crippen LogP contribution in [0.5, 0.6) is 5.75 Å². The van der Waals surface area contributed by atoms with E-state index in [1.54, 1.807) is 13.2 Å². The Bertz CT molecular complexity index is 1070. The van der Waals surface area contributed by atoms with Crippen molar-refractivity contribution in [2.45, 2.75) is 25.0 Å². The van der Waals surface area contributed by atoms with Gasteiger partial charge in [-0.2, -0.15) is 0 Å².